The Morgan fingerprint density at radius 1 is 1.24 bits per heavy atom. The average Bonchev–Trinajstić information content (AvgIpc) is 3.56. The monoisotopic (exact) mass is 565 g/mol. The third-order valence-corrected chi connectivity index (χ3v) is 8.26. The van der Waals surface area contributed by atoms with E-state index in [1.165, 1.54) is 6.07 Å². The molecular weight excluding hydrogens is 541 g/mol. The fraction of sp³-hybridized carbons (Fsp3) is 0.385. The standard InChI is InChI=1S/C26H25BrFN7O2/c1-14-33(2)22(36)13-34(14)26(37)17-6-5-15(8-17)9-21-30-12-19-24(27)32-35(25(19)31-21)18-10-16-4-3-7-29-23(16)20(28)11-18/h3-4,7,10-12,14-15,17H,5-6,8-9,13H2,1-2H3/t14?,15-,17-/m1/s1. The van der Waals surface area contributed by atoms with Crippen molar-refractivity contribution in [3.8, 4) is 5.69 Å². The predicted molar refractivity (Wildman–Crippen MR) is 138 cm³/mol. The van der Waals surface area contributed by atoms with Gasteiger partial charge < -0.3 is 9.80 Å². The van der Waals surface area contributed by atoms with Crippen LogP contribution in [-0.2, 0) is 16.0 Å². The highest BCUT2D eigenvalue weighted by Crippen LogP contribution is 2.35. The number of pyridine rings is 1. The number of hydrogen-bond acceptors (Lipinski definition) is 6. The third-order valence-electron chi connectivity index (χ3n) is 7.67. The first-order valence-corrected chi connectivity index (χ1v) is 13.1. The first-order chi connectivity index (χ1) is 17.8. The van der Waals surface area contributed by atoms with E-state index in [0.717, 1.165) is 24.6 Å². The number of aromatic nitrogens is 5. The van der Waals surface area contributed by atoms with Crippen molar-refractivity contribution in [1.29, 1.82) is 0 Å². The minimum atomic E-state index is -0.427. The number of amides is 2. The summed E-state index contributed by atoms with van der Waals surface area (Å²) in [5.41, 5.74) is 1.43. The van der Waals surface area contributed by atoms with Gasteiger partial charge in [0.1, 0.15) is 28.7 Å². The second kappa shape index (κ2) is 9.13. The van der Waals surface area contributed by atoms with E-state index in [4.69, 9.17) is 4.98 Å². The van der Waals surface area contributed by atoms with Crippen molar-refractivity contribution in [3.63, 3.8) is 0 Å². The topological polar surface area (TPSA) is 97.1 Å². The van der Waals surface area contributed by atoms with Gasteiger partial charge in [-0.25, -0.2) is 19.0 Å². The fourth-order valence-corrected chi connectivity index (χ4v) is 5.92. The van der Waals surface area contributed by atoms with E-state index < -0.39 is 5.82 Å². The molecule has 1 aromatic carbocycles. The molecule has 190 valence electrons. The van der Waals surface area contributed by atoms with Gasteiger partial charge in [0.25, 0.3) is 0 Å². The molecule has 4 aromatic rings. The largest absolute Gasteiger partial charge is 0.324 e. The molecule has 6 rings (SSSR count). The maximum absolute atomic E-state index is 14.8. The summed E-state index contributed by atoms with van der Waals surface area (Å²) in [5.74, 6) is 0.433. The van der Waals surface area contributed by atoms with Crippen LogP contribution in [0.15, 0.2) is 41.3 Å². The van der Waals surface area contributed by atoms with E-state index in [9.17, 15) is 14.0 Å². The maximum Gasteiger partial charge on any atom is 0.243 e. The van der Waals surface area contributed by atoms with Gasteiger partial charge in [0, 0.05) is 43.2 Å². The lowest BCUT2D eigenvalue weighted by Gasteiger charge is -2.26. The summed E-state index contributed by atoms with van der Waals surface area (Å²) in [7, 11) is 1.73. The van der Waals surface area contributed by atoms with E-state index in [1.54, 1.807) is 40.0 Å². The highest BCUT2D eigenvalue weighted by molar-refractivity contribution is 9.10. The number of carbonyl (C=O) groups excluding carboxylic acids is 2. The molecule has 0 spiro atoms. The first-order valence-electron chi connectivity index (χ1n) is 12.3. The fourth-order valence-electron chi connectivity index (χ4n) is 5.48. The Morgan fingerprint density at radius 3 is 2.86 bits per heavy atom. The number of nitrogens with zero attached hydrogens (tertiary/aromatic N) is 7. The number of benzene rings is 1. The molecule has 1 saturated heterocycles. The lowest BCUT2D eigenvalue weighted by molar-refractivity contribution is -0.137. The third kappa shape index (κ3) is 4.14. The number of fused-ring (bicyclic) bond motifs is 2. The number of rotatable bonds is 4. The Kier molecular flexibility index (Phi) is 5.89. The van der Waals surface area contributed by atoms with Gasteiger partial charge in [-0.05, 0) is 60.2 Å². The van der Waals surface area contributed by atoms with E-state index in [-0.39, 0.29) is 36.4 Å². The molecule has 0 N–H and O–H groups in total. The molecule has 37 heavy (non-hydrogen) atoms. The molecule has 2 amide bonds. The second-order valence-corrected chi connectivity index (χ2v) is 10.7. The lowest BCUT2D eigenvalue weighted by Crippen LogP contribution is -2.41. The summed E-state index contributed by atoms with van der Waals surface area (Å²) in [5, 5.41) is 5.94. The van der Waals surface area contributed by atoms with E-state index in [1.807, 2.05) is 19.1 Å². The molecular formula is C26H25BrFN7O2. The summed E-state index contributed by atoms with van der Waals surface area (Å²) in [6.07, 6.45) is 6.15. The number of hydrogen-bond donors (Lipinski definition) is 0. The molecule has 0 radical (unpaired) electrons. The van der Waals surface area contributed by atoms with Crippen LogP contribution in [0.1, 0.15) is 32.0 Å². The van der Waals surface area contributed by atoms with Crippen molar-refractivity contribution in [2.24, 2.45) is 11.8 Å². The minimum absolute atomic E-state index is 0.0255. The zero-order valence-electron chi connectivity index (χ0n) is 20.4. The molecule has 3 atom stereocenters. The second-order valence-electron chi connectivity index (χ2n) is 9.91. The summed E-state index contributed by atoms with van der Waals surface area (Å²) in [4.78, 5) is 41.9. The molecule has 9 nitrogen and oxygen atoms in total. The van der Waals surface area contributed by atoms with Crippen LogP contribution in [0.2, 0.25) is 0 Å². The van der Waals surface area contributed by atoms with Crippen LogP contribution in [0.3, 0.4) is 0 Å². The van der Waals surface area contributed by atoms with Crippen LogP contribution >= 0.6 is 15.9 Å². The quantitative estimate of drug-likeness (QED) is 0.372. The van der Waals surface area contributed by atoms with Crippen molar-refractivity contribution >= 4 is 49.7 Å². The zero-order chi connectivity index (χ0) is 25.8. The molecule has 1 aliphatic heterocycles. The van der Waals surface area contributed by atoms with Crippen LogP contribution in [0, 0.1) is 17.7 Å². The van der Waals surface area contributed by atoms with Gasteiger partial charge >= 0.3 is 0 Å². The highest BCUT2D eigenvalue weighted by Gasteiger charge is 2.40. The van der Waals surface area contributed by atoms with E-state index >= 15 is 0 Å². The van der Waals surface area contributed by atoms with Crippen LogP contribution in [-0.4, -0.2) is 66.1 Å². The Morgan fingerprint density at radius 2 is 2.08 bits per heavy atom. The van der Waals surface area contributed by atoms with Gasteiger partial charge in [-0.15, -0.1) is 0 Å². The van der Waals surface area contributed by atoms with E-state index in [2.05, 4.69) is 31.0 Å². The van der Waals surface area contributed by atoms with Gasteiger partial charge in [-0.3, -0.25) is 14.6 Å². The Labute approximate surface area is 220 Å². The summed E-state index contributed by atoms with van der Waals surface area (Å²) >= 11 is 3.48. The smallest absolute Gasteiger partial charge is 0.243 e. The first kappa shape index (κ1) is 23.9. The Balaban J connectivity index is 1.24. The highest BCUT2D eigenvalue weighted by atomic mass is 79.9. The summed E-state index contributed by atoms with van der Waals surface area (Å²) < 4.78 is 17.0. The van der Waals surface area contributed by atoms with Crippen molar-refractivity contribution < 1.29 is 14.0 Å². The predicted octanol–water partition coefficient (Wildman–Crippen LogP) is 3.87. The molecule has 2 aliphatic rings. The van der Waals surface area contributed by atoms with Gasteiger partial charge in [0.15, 0.2) is 11.5 Å². The molecule has 4 heterocycles. The molecule has 3 aromatic heterocycles. The lowest BCUT2D eigenvalue weighted by atomic mass is 10.0. The van der Waals surface area contributed by atoms with Gasteiger partial charge in [-0.2, -0.15) is 5.10 Å². The SMILES string of the molecule is CC1N(C)C(=O)CN1C(=O)[C@@H]1CC[C@@H](Cc2ncc3c(Br)nn(-c4cc(F)c5ncccc5c4)c3n2)C1. The number of carbonyl (C=O) groups is 2. The van der Waals surface area contributed by atoms with Crippen molar-refractivity contribution in [2.75, 3.05) is 13.6 Å². The van der Waals surface area contributed by atoms with Crippen molar-refractivity contribution in [3.05, 3.63) is 52.9 Å². The number of likely N-dealkylation sites (N-methyl/N-ethyl adjacent to an activating group) is 1. The van der Waals surface area contributed by atoms with Crippen molar-refractivity contribution in [2.45, 2.75) is 38.8 Å². The molecule has 1 unspecified atom stereocenters. The minimum Gasteiger partial charge on any atom is -0.324 e. The van der Waals surface area contributed by atoms with Gasteiger partial charge in [0.2, 0.25) is 11.8 Å². The normalized spacial score (nSPS) is 22.1. The molecule has 1 saturated carbocycles. The number of halogens is 2. The molecule has 0 bridgehead atoms. The van der Waals surface area contributed by atoms with Crippen LogP contribution < -0.4 is 0 Å². The average molecular weight is 566 g/mol. The maximum atomic E-state index is 14.8. The van der Waals surface area contributed by atoms with Crippen molar-refractivity contribution in [1.82, 2.24) is 34.5 Å². The summed E-state index contributed by atoms with van der Waals surface area (Å²) in [6, 6.07) is 6.82. The molecule has 2 fully saturated rings. The van der Waals surface area contributed by atoms with Crippen LogP contribution in [0.5, 0.6) is 0 Å². The molecule has 1 aliphatic carbocycles. The Hall–Kier alpha value is -3.47. The van der Waals surface area contributed by atoms with Crippen LogP contribution in [0.25, 0.3) is 27.6 Å². The Bertz CT molecular complexity index is 1560. The van der Waals surface area contributed by atoms with E-state index in [0.29, 0.717) is 39.1 Å². The van der Waals surface area contributed by atoms with Crippen LogP contribution in [0.4, 0.5) is 4.39 Å². The summed E-state index contributed by atoms with van der Waals surface area (Å²) in [6.45, 7) is 2.04. The zero-order valence-corrected chi connectivity index (χ0v) is 22.0. The van der Waals surface area contributed by atoms with Gasteiger partial charge in [-0.1, -0.05) is 6.07 Å². The van der Waals surface area contributed by atoms with Gasteiger partial charge in [0.05, 0.1) is 11.1 Å². The molecule has 11 heteroatoms.